The van der Waals surface area contributed by atoms with Crippen molar-refractivity contribution in [1.82, 2.24) is 19.5 Å². The van der Waals surface area contributed by atoms with E-state index < -0.39 is 10.0 Å². The molecule has 0 saturated carbocycles. The highest BCUT2D eigenvalue weighted by Crippen LogP contribution is 2.35. The highest BCUT2D eigenvalue weighted by molar-refractivity contribution is 7.89. The first kappa shape index (κ1) is 23.0. The normalized spacial score (nSPS) is 16.2. The van der Waals surface area contributed by atoms with Gasteiger partial charge < -0.3 is 15.2 Å². The molecule has 0 aliphatic carbocycles. The van der Waals surface area contributed by atoms with Gasteiger partial charge in [0.25, 0.3) is 0 Å². The summed E-state index contributed by atoms with van der Waals surface area (Å²) in [4.78, 5) is 5.49. The van der Waals surface area contributed by atoms with E-state index in [0.717, 1.165) is 31.4 Å². The number of aromatic nitrogens is 1. The average molecular weight is 455 g/mol. The molecule has 6 nitrogen and oxygen atoms in total. The predicted molar refractivity (Wildman–Crippen MR) is 132 cm³/mol. The average Bonchev–Trinajstić information content (AvgIpc) is 3.22. The standard InChI is InChI=1S/C25H34N4O2S/c1-28(2)16-12-26-13-17-32(30,31)29-14-10-21(11-15-29)24-19-27-25-9-8-22(18-23(24)25)20-6-4-3-5-7-20/h3-9,18-19,21,26-27H,10-17H2,1-2H3. The van der Waals surface area contributed by atoms with Crippen LogP contribution in [0.1, 0.15) is 24.3 Å². The van der Waals surface area contributed by atoms with E-state index in [9.17, 15) is 8.42 Å². The number of aromatic amines is 1. The van der Waals surface area contributed by atoms with Gasteiger partial charge in [0, 0.05) is 49.8 Å². The summed E-state index contributed by atoms with van der Waals surface area (Å²) in [6.07, 6.45) is 3.83. The third-order valence-corrected chi connectivity index (χ3v) is 8.25. The summed E-state index contributed by atoms with van der Waals surface area (Å²) in [5, 5.41) is 4.48. The Bertz CT molecular complexity index is 1120. The predicted octanol–water partition coefficient (Wildman–Crippen LogP) is 3.50. The van der Waals surface area contributed by atoms with Crippen molar-refractivity contribution in [3.8, 4) is 11.1 Å². The number of fused-ring (bicyclic) bond motifs is 1. The summed E-state index contributed by atoms with van der Waals surface area (Å²) in [6.45, 7) is 3.39. The van der Waals surface area contributed by atoms with Gasteiger partial charge in [-0.25, -0.2) is 12.7 Å². The zero-order valence-electron chi connectivity index (χ0n) is 19.0. The summed E-state index contributed by atoms with van der Waals surface area (Å²) >= 11 is 0. The van der Waals surface area contributed by atoms with E-state index in [1.807, 2.05) is 20.2 Å². The zero-order chi connectivity index (χ0) is 22.6. The lowest BCUT2D eigenvalue weighted by molar-refractivity contribution is 0.320. The summed E-state index contributed by atoms with van der Waals surface area (Å²) in [5.74, 6) is 0.540. The molecule has 1 aliphatic rings. The Morgan fingerprint density at radius 1 is 1.03 bits per heavy atom. The van der Waals surface area contributed by atoms with Crippen LogP contribution in [0.4, 0.5) is 0 Å². The minimum Gasteiger partial charge on any atom is -0.361 e. The Balaban J connectivity index is 1.39. The van der Waals surface area contributed by atoms with Gasteiger partial charge in [-0.05, 0) is 61.7 Å². The molecule has 1 saturated heterocycles. The van der Waals surface area contributed by atoms with Gasteiger partial charge >= 0.3 is 0 Å². The van der Waals surface area contributed by atoms with Crippen molar-refractivity contribution in [2.24, 2.45) is 0 Å². The lowest BCUT2D eigenvalue weighted by atomic mass is 9.89. The first-order chi connectivity index (χ1) is 15.4. The fourth-order valence-corrected chi connectivity index (χ4v) is 5.92. The van der Waals surface area contributed by atoms with E-state index in [0.29, 0.717) is 25.6 Å². The van der Waals surface area contributed by atoms with Crippen molar-refractivity contribution >= 4 is 20.9 Å². The van der Waals surface area contributed by atoms with Gasteiger partial charge in [-0.3, -0.25) is 0 Å². The van der Waals surface area contributed by atoms with Crippen LogP contribution in [-0.4, -0.2) is 75.2 Å². The maximum atomic E-state index is 12.8. The maximum Gasteiger partial charge on any atom is 0.215 e. The molecule has 2 N–H and O–H groups in total. The van der Waals surface area contributed by atoms with E-state index in [4.69, 9.17) is 0 Å². The van der Waals surface area contributed by atoms with Crippen LogP contribution >= 0.6 is 0 Å². The van der Waals surface area contributed by atoms with Crippen molar-refractivity contribution in [3.63, 3.8) is 0 Å². The number of nitrogens with zero attached hydrogens (tertiary/aromatic N) is 2. The molecule has 172 valence electrons. The smallest absolute Gasteiger partial charge is 0.215 e. The number of piperidine rings is 1. The molecule has 3 aromatic rings. The van der Waals surface area contributed by atoms with E-state index in [1.54, 1.807) is 4.31 Å². The van der Waals surface area contributed by atoms with Crippen LogP contribution in [0.15, 0.2) is 54.7 Å². The van der Waals surface area contributed by atoms with E-state index >= 15 is 0 Å². The number of hydrogen-bond acceptors (Lipinski definition) is 4. The fraction of sp³-hybridized carbons (Fsp3) is 0.440. The molecule has 0 unspecified atom stereocenters. The van der Waals surface area contributed by atoms with Gasteiger partial charge in [0.15, 0.2) is 0 Å². The molecule has 2 aromatic carbocycles. The Labute approximate surface area is 191 Å². The second kappa shape index (κ2) is 10.2. The van der Waals surface area contributed by atoms with Crippen molar-refractivity contribution in [3.05, 3.63) is 60.3 Å². The minimum absolute atomic E-state index is 0.165. The quantitative estimate of drug-likeness (QED) is 0.486. The van der Waals surface area contributed by atoms with E-state index in [-0.39, 0.29) is 5.75 Å². The molecular formula is C25H34N4O2S. The fourth-order valence-electron chi connectivity index (χ4n) is 4.49. The third kappa shape index (κ3) is 5.41. The Morgan fingerprint density at radius 3 is 2.50 bits per heavy atom. The number of benzene rings is 2. The van der Waals surface area contributed by atoms with Gasteiger partial charge in [0.05, 0.1) is 5.75 Å². The number of rotatable bonds is 9. The molecule has 0 bridgehead atoms. The number of H-pyrrole nitrogens is 1. The molecular weight excluding hydrogens is 420 g/mol. The van der Waals surface area contributed by atoms with Crippen LogP contribution in [0, 0.1) is 0 Å². The van der Waals surface area contributed by atoms with Crippen LogP contribution in [0.25, 0.3) is 22.0 Å². The van der Waals surface area contributed by atoms with E-state index in [1.165, 1.54) is 22.1 Å². The van der Waals surface area contributed by atoms with Crippen LogP contribution in [0.5, 0.6) is 0 Å². The molecule has 32 heavy (non-hydrogen) atoms. The van der Waals surface area contributed by atoms with Crippen molar-refractivity contribution < 1.29 is 8.42 Å². The Hall–Kier alpha value is -2.19. The second-order valence-electron chi connectivity index (χ2n) is 8.91. The molecule has 2 heterocycles. The van der Waals surface area contributed by atoms with E-state index in [2.05, 4.69) is 63.9 Å². The van der Waals surface area contributed by atoms with Gasteiger partial charge in [-0.1, -0.05) is 36.4 Å². The highest BCUT2D eigenvalue weighted by Gasteiger charge is 2.29. The third-order valence-electron chi connectivity index (χ3n) is 6.38. The second-order valence-corrected chi connectivity index (χ2v) is 11.0. The lowest BCUT2D eigenvalue weighted by Crippen LogP contribution is -2.41. The highest BCUT2D eigenvalue weighted by atomic mass is 32.2. The van der Waals surface area contributed by atoms with Crippen LogP contribution in [0.2, 0.25) is 0 Å². The van der Waals surface area contributed by atoms with Crippen molar-refractivity contribution in [2.45, 2.75) is 18.8 Å². The number of likely N-dealkylation sites (N-methyl/N-ethyl adjacent to an activating group) is 1. The molecule has 0 spiro atoms. The largest absolute Gasteiger partial charge is 0.361 e. The monoisotopic (exact) mass is 454 g/mol. The van der Waals surface area contributed by atoms with Gasteiger partial charge in [0.1, 0.15) is 0 Å². The maximum absolute atomic E-state index is 12.8. The SMILES string of the molecule is CN(C)CCNCCS(=O)(=O)N1CCC(c2c[nH]c3ccc(-c4ccccc4)cc23)CC1. The summed E-state index contributed by atoms with van der Waals surface area (Å²) < 4.78 is 27.2. The molecule has 1 fully saturated rings. The first-order valence-corrected chi connectivity index (χ1v) is 13.0. The zero-order valence-corrected chi connectivity index (χ0v) is 19.9. The molecule has 0 amide bonds. The summed E-state index contributed by atoms with van der Waals surface area (Å²) in [7, 11) is 0.813. The molecule has 1 aromatic heterocycles. The molecule has 7 heteroatoms. The Morgan fingerprint density at radius 2 is 1.78 bits per heavy atom. The Kier molecular flexibility index (Phi) is 7.30. The topological polar surface area (TPSA) is 68.4 Å². The lowest BCUT2D eigenvalue weighted by Gasteiger charge is -2.31. The van der Waals surface area contributed by atoms with Crippen molar-refractivity contribution in [1.29, 1.82) is 0 Å². The van der Waals surface area contributed by atoms with Crippen LogP contribution in [-0.2, 0) is 10.0 Å². The number of sulfonamides is 1. The van der Waals surface area contributed by atoms with Crippen molar-refractivity contribution in [2.75, 3.05) is 52.6 Å². The minimum atomic E-state index is -3.21. The molecule has 0 radical (unpaired) electrons. The van der Waals surface area contributed by atoms with Gasteiger partial charge in [0.2, 0.25) is 10.0 Å². The molecule has 0 atom stereocenters. The molecule has 4 rings (SSSR count). The summed E-state index contributed by atoms with van der Waals surface area (Å²) in [5.41, 5.74) is 4.86. The molecule has 1 aliphatic heterocycles. The van der Waals surface area contributed by atoms with Crippen LogP contribution < -0.4 is 5.32 Å². The number of hydrogen-bond donors (Lipinski definition) is 2. The van der Waals surface area contributed by atoms with Gasteiger partial charge in [-0.15, -0.1) is 0 Å². The van der Waals surface area contributed by atoms with Crippen LogP contribution in [0.3, 0.4) is 0 Å². The van der Waals surface area contributed by atoms with Gasteiger partial charge in [-0.2, -0.15) is 0 Å². The summed E-state index contributed by atoms with van der Waals surface area (Å²) in [6, 6.07) is 17.0. The first-order valence-electron chi connectivity index (χ1n) is 11.4. The number of nitrogens with one attached hydrogen (secondary N) is 2.